The van der Waals surface area contributed by atoms with Crippen molar-refractivity contribution in [1.29, 1.82) is 5.26 Å². The van der Waals surface area contributed by atoms with Crippen molar-refractivity contribution >= 4 is 11.8 Å². The molecule has 0 N–H and O–H groups in total. The quantitative estimate of drug-likeness (QED) is 0.255. The third kappa shape index (κ3) is 8.40. The van der Waals surface area contributed by atoms with Crippen LogP contribution in [0.3, 0.4) is 0 Å². The van der Waals surface area contributed by atoms with E-state index < -0.39 is 0 Å². The number of nitrogens with zero attached hydrogens (tertiary/aromatic N) is 1. The number of unbranched alkanes of at least 4 members (excludes halogenated alkanes) is 7. The van der Waals surface area contributed by atoms with Crippen LogP contribution in [0.2, 0.25) is 0 Å². The molecule has 0 radical (unpaired) electrons. The van der Waals surface area contributed by atoms with Gasteiger partial charge in [-0.05, 0) is 48.7 Å². The second kappa shape index (κ2) is 13.3. The first-order chi connectivity index (χ1) is 13.7. The van der Waals surface area contributed by atoms with Crippen molar-refractivity contribution in [2.45, 2.75) is 75.4 Å². The van der Waals surface area contributed by atoms with E-state index in [1.54, 1.807) is 11.8 Å². The number of ether oxygens (including phenoxy) is 1. The third-order valence-corrected chi connectivity index (χ3v) is 5.81. The second-order valence-corrected chi connectivity index (χ2v) is 8.68. The van der Waals surface area contributed by atoms with Crippen LogP contribution in [-0.4, -0.2) is 11.9 Å². The molecule has 0 heterocycles. The molecule has 0 aliphatic rings. The summed E-state index contributed by atoms with van der Waals surface area (Å²) in [7, 11) is 0. The Bertz CT molecular complexity index is 703. The molecule has 1 atom stereocenters. The first kappa shape index (κ1) is 22.4. The maximum absolute atomic E-state index is 8.92. The molecule has 2 rings (SSSR count). The fourth-order valence-corrected chi connectivity index (χ4v) is 3.88. The highest BCUT2D eigenvalue weighted by Crippen LogP contribution is 2.27. The van der Waals surface area contributed by atoms with Gasteiger partial charge < -0.3 is 4.74 Å². The smallest absolute Gasteiger partial charge is 0.119 e. The van der Waals surface area contributed by atoms with Crippen molar-refractivity contribution in [2.75, 3.05) is 6.61 Å². The first-order valence-electron chi connectivity index (χ1n) is 10.6. The molecular formula is C25H33NOS. The van der Waals surface area contributed by atoms with Crippen molar-refractivity contribution in [2.24, 2.45) is 0 Å². The molecule has 0 amide bonds. The van der Waals surface area contributed by atoms with Crippen LogP contribution >= 0.6 is 11.8 Å². The Balaban J connectivity index is 1.69. The summed E-state index contributed by atoms with van der Waals surface area (Å²) >= 11 is 1.59. The minimum absolute atomic E-state index is 0.0247. The fourth-order valence-electron chi connectivity index (χ4n) is 3.13. The Labute approximate surface area is 175 Å². The van der Waals surface area contributed by atoms with E-state index in [2.05, 4.69) is 61.5 Å². The molecule has 0 unspecified atom stereocenters. The highest BCUT2D eigenvalue weighted by atomic mass is 32.2. The van der Waals surface area contributed by atoms with E-state index in [1.807, 2.05) is 6.92 Å². The van der Waals surface area contributed by atoms with E-state index in [0.717, 1.165) is 23.7 Å². The highest BCUT2D eigenvalue weighted by molar-refractivity contribution is 8.00. The maximum Gasteiger partial charge on any atom is 0.119 e. The predicted octanol–water partition coefficient (Wildman–Crippen LogP) is 7.88. The maximum atomic E-state index is 8.92. The van der Waals surface area contributed by atoms with Gasteiger partial charge in [0.05, 0.1) is 17.9 Å². The largest absolute Gasteiger partial charge is 0.494 e. The summed E-state index contributed by atoms with van der Waals surface area (Å²) < 4.78 is 5.88. The Hall–Kier alpha value is -1.92. The average molecular weight is 396 g/mol. The van der Waals surface area contributed by atoms with Crippen LogP contribution in [0.25, 0.3) is 11.1 Å². The minimum atomic E-state index is -0.0247. The van der Waals surface area contributed by atoms with Gasteiger partial charge in [0.2, 0.25) is 0 Å². The molecule has 0 aliphatic heterocycles. The highest BCUT2D eigenvalue weighted by Gasteiger charge is 2.04. The van der Waals surface area contributed by atoms with Crippen molar-refractivity contribution in [1.82, 2.24) is 0 Å². The van der Waals surface area contributed by atoms with Gasteiger partial charge in [-0.25, -0.2) is 0 Å². The van der Waals surface area contributed by atoms with Crippen molar-refractivity contribution < 1.29 is 4.74 Å². The van der Waals surface area contributed by atoms with Gasteiger partial charge in [0.25, 0.3) is 0 Å². The molecule has 0 spiro atoms. The van der Waals surface area contributed by atoms with E-state index in [1.165, 1.54) is 56.1 Å². The summed E-state index contributed by atoms with van der Waals surface area (Å²) in [5.41, 5.74) is 2.37. The minimum Gasteiger partial charge on any atom is -0.494 e. The molecule has 0 bridgehead atoms. The van der Waals surface area contributed by atoms with Crippen molar-refractivity contribution in [3.63, 3.8) is 0 Å². The number of thioether (sulfide) groups is 1. The van der Waals surface area contributed by atoms with E-state index >= 15 is 0 Å². The zero-order valence-corrected chi connectivity index (χ0v) is 18.1. The van der Waals surface area contributed by atoms with Crippen LogP contribution in [0.5, 0.6) is 5.75 Å². The number of hydrogen-bond donors (Lipinski definition) is 0. The van der Waals surface area contributed by atoms with Crippen LogP contribution in [0.15, 0.2) is 53.4 Å². The van der Waals surface area contributed by atoms with Crippen LogP contribution in [-0.2, 0) is 0 Å². The van der Waals surface area contributed by atoms with Crippen LogP contribution < -0.4 is 4.74 Å². The Morgan fingerprint density at radius 2 is 1.36 bits per heavy atom. The van der Waals surface area contributed by atoms with Gasteiger partial charge in [0.15, 0.2) is 0 Å². The normalized spacial score (nSPS) is 11.8. The summed E-state index contributed by atoms with van der Waals surface area (Å²) in [6.07, 6.45) is 10.6. The summed E-state index contributed by atoms with van der Waals surface area (Å²) in [5, 5.41) is 8.89. The van der Waals surface area contributed by atoms with Gasteiger partial charge in [-0.2, -0.15) is 5.26 Å². The molecule has 2 nitrogen and oxygen atoms in total. The molecule has 0 aliphatic carbocycles. The molecule has 150 valence electrons. The van der Waals surface area contributed by atoms with Crippen LogP contribution in [0.4, 0.5) is 0 Å². The lowest BCUT2D eigenvalue weighted by molar-refractivity contribution is 0.304. The average Bonchev–Trinajstić information content (AvgIpc) is 2.73. The SMILES string of the molecule is CCCCCCCCCCOc1ccc(-c2ccc(S[C@H](C)C#N)cc2)cc1. The Morgan fingerprint density at radius 3 is 1.93 bits per heavy atom. The molecule has 0 saturated heterocycles. The molecule has 2 aromatic rings. The van der Waals surface area contributed by atoms with Crippen LogP contribution in [0, 0.1) is 11.3 Å². The van der Waals surface area contributed by atoms with E-state index in [0.29, 0.717) is 0 Å². The summed E-state index contributed by atoms with van der Waals surface area (Å²) in [6, 6.07) is 19.0. The second-order valence-electron chi connectivity index (χ2n) is 7.26. The summed E-state index contributed by atoms with van der Waals surface area (Å²) in [5.74, 6) is 0.946. The predicted molar refractivity (Wildman–Crippen MR) is 121 cm³/mol. The zero-order chi connectivity index (χ0) is 20.0. The molecule has 0 aromatic heterocycles. The summed E-state index contributed by atoms with van der Waals surface area (Å²) in [4.78, 5) is 1.13. The van der Waals surface area contributed by atoms with Crippen molar-refractivity contribution in [3.05, 3.63) is 48.5 Å². The van der Waals surface area contributed by atoms with E-state index in [-0.39, 0.29) is 5.25 Å². The molecular weight excluding hydrogens is 362 g/mol. The number of rotatable bonds is 13. The molecule has 3 heteroatoms. The number of nitriles is 1. The lowest BCUT2D eigenvalue weighted by Gasteiger charge is -2.08. The third-order valence-electron chi connectivity index (χ3n) is 4.80. The van der Waals surface area contributed by atoms with E-state index in [9.17, 15) is 0 Å². The van der Waals surface area contributed by atoms with Gasteiger partial charge >= 0.3 is 0 Å². The lowest BCUT2D eigenvalue weighted by Crippen LogP contribution is -1.97. The van der Waals surface area contributed by atoms with E-state index in [4.69, 9.17) is 10.00 Å². The molecule has 2 aromatic carbocycles. The van der Waals surface area contributed by atoms with Gasteiger partial charge in [-0.15, -0.1) is 11.8 Å². The Morgan fingerprint density at radius 1 is 0.821 bits per heavy atom. The fraction of sp³-hybridized carbons (Fsp3) is 0.480. The molecule has 28 heavy (non-hydrogen) atoms. The monoisotopic (exact) mass is 395 g/mol. The topological polar surface area (TPSA) is 33.0 Å². The van der Waals surface area contributed by atoms with Gasteiger partial charge in [-0.1, -0.05) is 76.1 Å². The van der Waals surface area contributed by atoms with Gasteiger partial charge in [0.1, 0.15) is 5.75 Å². The van der Waals surface area contributed by atoms with Crippen LogP contribution in [0.1, 0.15) is 65.2 Å². The number of hydrogen-bond acceptors (Lipinski definition) is 3. The number of benzene rings is 2. The van der Waals surface area contributed by atoms with Gasteiger partial charge in [0, 0.05) is 4.90 Å². The standard InChI is InChI=1S/C25H33NOS/c1-3-4-5-6-7-8-9-10-19-27-24-15-11-22(12-16-24)23-13-17-25(18-14-23)28-21(2)20-26/h11-18,21H,3-10,19H2,1-2H3/t21-/m1/s1. The van der Waals surface area contributed by atoms with Crippen molar-refractivity contribution in [3.8, 4) is 22.9 Å². The zero-order valence-electron chi connectivity index (χ0n) is 17.3. The van der Waals surface area contributed by atoms with Gasteiger partial charge in [-0.3, -0.25) is 0 Å². The summed E-state index contributed by atoms with van der Waals surface area (Å²) in [6.45, 7) is 4.99. The molecule has 0 fully saturated rings. The lowest BCUT2D eigenvalue weighted by atomic mass is 10.1. The molecule has 0 saturated carbocycles. The Kier molecular flexibility index (Phi) is 10.6. The first-order valence-corrected chi connectivity index (χ1v) is 11.5.